The van der Waals surface area contributed by atoms with Crippen LogP contribution >= 0.6 is 23.4 Å². The van der Waals surface area contributed by atoms with E-state index in [1.807, 2.05) is 30.8 Å². The predicted molar refractivity (Wildman–Crippen MR) is 88.3 cm³/mol. The molecule has 1 aromatic carbocycles. The fourth-order valence-corrected chi connectivity index (χ4v) is 2.92. The van der Waals surface area contributed by atoms with E-state index in [1.165, 1.54) is 4.90 Å². The summed E-state index contributed by atoms with van der Waals surface area (Å²) in [5.41, 5.74) is -0.374. The molecule has 2 nitrogen and oxygen atoms in total. The van der Waals surface area contributed by atoms with E-state index in [4.69, 9.17) is 11.6 Å². The van der Waals surface area contributed by atoms with Crippen LogP contribution in [0.1, 0.15) is 39.5 Å². The smallest absolute Gasteiger partial charge is 0.103 e. The quantitative estimate of drug-likeness (QED) is 0.521. The number of halogens is 1. The average Bonchev–Trinajstić information content (AvgIpc) is 2.47. The molecule has 0 radical (unpaired) electrons. The zero-order valence-electron chi connectivity index (χ0n) is 12.3. The predicted octanol–water partition coefficient (Wildman–Crippen LogP) is 4.88. The van der Waals surface area contributed by atoms with E-state index in [2.05, 4.69) is 30.4 Å². The summed E-state index contributed by atoms with van der Waals surface area (Å²) >= 11 is 7.70. The molecule has 1 N–H and O–H groups in total. The molecule has 1 atom stereocenters. The first-order valence-electron chi connectivity index (χ1n) is 7.14. The molecule has 0 heterocycles. The van der Waals surface area contributed by atoms with E-state index in [-0.39, 0.29) is 5.54 Å². The van der Waals surface area contributed by atoms with Gasteiger partial charge < -0.3 is 0 Å². The molecule has 4 heteroatoms. The Kier molecular flexibility index (Phi) is 8.06. The van der Waals surface area contributed by atoms with Crippen molar-refractivity contribution in [2.75, 3.05) is 12.3 Å². The summed E-state index contributed by atoms with van der Waals surface area (Å²) in [5.74, 6) is 1.08. The third-order valence-electron chi connectivity index (χ3n) is 3.17. The van der Waals surface area contributed by atoms with Crippen LogP contribution in [0.2, 0.25) is 5.02 Å². The van der Waals surface area contributed by atoms with Crippen molar-refractivity contribution in [1.82, 2.24) is 5.32 Å². The van der Waals surface area contributed by atoms with E-state index >= 15 is 0 Å². The fourth-order valence-electron chi connectivity index (χ4n) is 1.89. The normalized spacial score (nSPS) is 13.7. The minimum Gasteiger partial charge on any atom is -0.300 e. The summed E-state index contributed by atoms with van der Waals surface area (Å²) < 4.78 is 0. The molecule has 0 bridgehead atoms. The number of hydrogen-bond acceptors (Lipinski definition) is 3. The highest BCUT2D eigenvalue weighted by Gasteiger charge is 2.21. The molecule has 20 heavy (non-hydrogen) atoms. The number of thioether (sulfide) groups is 1. The number of unbranched alkanes of at least 4 members (excludes halogenated alkanes) is 1. The Labute approximate surface area is 131 Å². The van der Waals surface area contributed by atoms with Crippen molar-refractivity contribution in [3.8, 4) is 6.07 Å². The standard InChI is InChI=1S/C16H23ClN2S/c1-3-11-19-16(2,13-18)10-4-5-12-20-15-8-6-14(17)7-9-15/h6-9,19H,3-5,10-12H2,1-2H3. The van der Waals surface area contributed by atoms with Crippen LogP contribution in [0.5, 0.6) is 0 Å². The number of benzene rings is 1. The van der Waals surface area contributed by atoms with Crippen LogP contribution < -0.4 is 5.32 Å². The van der Waals surface area contributed by atoms with Crippen molar-refractivity contribution in [1.29, 1.82) is 5.26 Å². The molecule has 0 aromatic heterocycles. The number of nitrogens with one attached hydrogen (secondary N) is 1. The second kappa shape index (κ2) is 9.28. The van der Waals surface area contributed by atoms with Crippen molar-refractivity contribution in [2.45, 2.75) is 50.0 Å². The van der Waals surface area contributed by atoms with Gasteiger partial charge in [0.25, 0.3) is 0 Å². The molecule has 0 aliphatic heterocycles. The summed E-state index contributed by atoms with van der Waals surface area (Å²) in [4.78, 5) is 1.25. The highest BCUT2D eigenvalue weighted by atomic mass is 35.5. The maximum absolute atomic E-state index is 9.24. The van der Waals surface area contributed by atoms with Crippen LogP contribution in [-0.2, 0) is 0 Å². The van der Waals surface area contributed by atoms with E-state index in [9.17, 15) is 5.26 Å². The lowest BCUT2D eigenvalue weighted by Gasteiger charge is -2.22. The summed E-state index contributed by atoms with van der Waals surface area (Å²) in [5, 5.41) is 13.3. The van der Waals surface area contributed by atoms with Crippen LogP contribution in [0, 0.1) is 11.3 Å². The minimum atomic E-state index is -0.374. The van der Waals surface area contributed by atoms with Gasteiger partial charge in [-0.3, -0.25) is 5.32 Å². The number of rotatable bonds is 9. The van der Waals surface area contributed by atoms with Gasteiger partial charge in [-0.1, -0.05) is 18.5 Å². The zero-order chi connectivity index (χ0) is 14.8. The van der Waals surface area contributed by atoms with Crippen LogP contribution in [0.4, 0.5) is 0 Å². The summed E-state index contributed by atoms with van der Waals surface area (Å²) in [7, 11) is 0. The van der Waals surface area contributed by atoms with Gasteiger partial charge in [-0.05, 0) is 69.2 Å². The van der Waals surface area contributed by atoms with Crippen LogP contribution in [0.15, 0.2) is 29.2 Å². The Morgan fingerprint density at radius 2 is 2.00 bits per heavy atom. The van der Waals surface area contributed by atoms with Gasteiger partial charge in [0.15, 0.2) is 0 Å². The molecule has 1 aromatic rings. The van der Waals surface area contributed by atoms with Crippen molar-refractivity contribution < 1.29 is 0 Å². The van der Waals surface area contributed by atoms with Crippen LogP contribution in [-0.4, -0.2) is 17.8 Å². The highest BCUT2D eigenvalue weighted by Crippen LogP contribution is 2.22. The van der Waals surface area contributed by atoms with Gasteiger partial charge in [-0.2, -0.15) is 5.26 Å². The molecule has 0 saturated carbocycles. The topological polar surface area (TPSA) is 35.8 Å². The van der Waals surface area contributed by atoms with Gasteiger partial charge in [0, 0.05) is 9.92 Å². The molecule has 1 unspecified atom stereocenters. The van der Waals surface area contributed by atoms with Gasteiger partial charge in [-0.25, -0.2) is 0 Å². The molecule has 110 valence electrons. The monoisotopic (exact) mass is 310 g/mol. The largest absolute Gasteiger partial charge is 0.300 e. The van der Waals surface area contributed by atoms with E-state index < -0.39 is 0 Å². The summed E-state index contributed by atoms with van der Waals surface area (Å²) in [6, 6.07) is 10.3. The molecule has 0 amide bonds. The summed E-state index contributed by atoms with van der Waals surface area (Å²) in [6.07, 6.45) is 4.16. The molecule has 0 spiro atoms. The Hall–Kier alpha value is -0.690. The zero-order valence-corrected chi connectivity index (χ0v) is 13.9. The molecule has 0 fully saturated rings. The lowest BCUT2D eigenvalue weighted by Crippen LogP contribution is -2.41. The first-order valence-corrected chi connectivity index (χ1v) is 8.50. The molecule has 0 aliphatic rings. The van der Waals surface area contributed by atoms with Crippen molar-refractivity contribution in [3.63, 3.8) is 0 Å². The molecule has 0 saturated heterocycles. The van der Waals surface area contributed by atoms with Gasteiger partial charge >= 0.3 is 0 Å². The lowest BCUT2D eigenvalue weighted by atomic mass is 9.96. The third kappa shape index (κ3) is 6.65. The second-order valence-electron chi connectivity index (χ2n) is 5.13. The Bertz CT molecular complexity index is 427. The number of hydrogen-bond donors (Lipinski definition) is 1. The molecular weight excluding hydrogens is 288 g/mol. The fraction of sp³-hybridized carbons (Fsp3) is 0.562. The number of nitrogens with zero attached hydrogens (tertiary/aromatic N) is 1. The van der Waals surface area contributed by atoms with Gasteiger partial charge in [0.1, 0.15) is 5.54 Å². The average molecular weight is 311 g/mol. The Morgan fingerprint density at radius 3 is 2.60 bits per heavy atom. The lowest BCUT2D eigenvalue weighted by molar-refractivity contribution is 0.406. The maximum Gasteiger partial charge on any atom is 0.103 e. The van der Waals surface area contributed by atoms with Crippen LogP contribution in [0.25, 0.3) is 0 Å². The Morgan fingerprint density at radius 1 is 1.30 bits per heavy atom. The third-order valence-corrected chi connectivity index (χ3v) is 4.52. The van der Waals surface area contributed by atoms with Gasteiger partial charge in [-0.15, -0.1) is 11.8 Å². The highest BCUT2D eigenvalue weighted by molar-refractivity contribution is 7.99. The Balaban J connectivity index is 2.21. The van der Waals surface area contributed by atoms with E-state index in [0.717, 1.165) is 43.0 Å². The van der Waals surface area contributed by atoms with Gasteiger partial charge in [0.05, 0.1) is 6.07 Å². The first kappa shape index (κ1) is 17.4. The molecule has 0 aliphatic carbocycles. The van der Waals surface area contributed by atoms with Crippen LogP contribution in [0.3, 0.4) is 0 Å². The first-order chi connectivity index (χ1) is 9.59. The molecular formula is C16H23ClN2S. The second-order valence-corrected chi connectivity index (χ2v) is 6.73. The van der Waals surface area contributed by atoms with Gasteiger partial charge in [0.2, 0.25) is 0 Å². The molecule has 1 rings (SSSR count). The van der Waals surface area contributed by atoms with Crippen molar-refractivity contribution in [3.05, 3.63) is 29.3 Å². The van der Waals surface area contributed by atoms with Crippen molar-refractivity contribution in [2.24, 2.45) is 0 Å². The summed E-state index contributed by atoms with van der Waals surface area (Å²) in [6.45, 7) is 5.02. The maximum atomic E-state index is 9.24. The number of nitriles is 1. The van der Waals surface area contributed by atoms with E-state index in [0.29, 0.717) is 0 Å². The minimum absolute atomic E-state index is 0.374. The van der Waals surface area contributed by atoms with E-state index in [1.54, 1.807) is 0 Å². The SMILES string of the molecule is CCCNC(C)(C#N)CCCCSc1ccc(Cl)cc1. The van der Waals surface area contributed by atoms with Crippen molar-refractivity contribution >= 4 is 23.4 Å².